The Balaban J connectivity index is 1.96. The topological polar surface area (TPSA) is 49.3 Å². The Morgan fingerprint density at radius 3 is 2.42 bits per heavy atom. The van der Waals surface area contributed by atoms with E-state index >= 15 is 0 Å². The van der Waals surface area contributed by atoms with Gasteiger partial charge in [0.1, 0.15) is 5.75 Å². The van der Waals surface area contributed by atoms with Crippen LogP contribution in [0.4, 0.5) is 0 Å². The van der Waals surface area contributed by atoms with Crippen LogP contribution in [0.25, 0.3) is 0 Å². The van der Waals surface area contributed by atoms with Crippen molar-refractivity contribution >= 4 is 5.91 Å². The highest BCUT2D eigenvalue weighted by atomic mass is 16.3. The fourth-order valence-corrected chi connectivity index (χ4v) is 1.91. The van der Waals surface area contributed by atoms with E-state index in [1.807, 2.05) is 30.3 Å². The predicted molar refractivity (Wildman–Crippen MR) is 75.3 cm³/mol. The second-order valence-electron chi connectivity index (χ2n) is 4.54. The Morgan fingerprint density at radius 2 is 1.74 bits per heavy atom. The fourth-order valence-electron chi connectivity index (χ4n) is 1.91. The molecular formula is C16H17NO2. The van der Waals surface area contributed by atoms with Gasteiger partial charge in [0.05, 0.1) is 5.56 Å². The summed E-state index contributed by atoms with van der Waals surface area (Å²) < 4.78 is 0. The normalized spacial score (nSPS) is 11.8. The molecule has 19 heavy (non-hydrogen) atoms. The minimum Gasteiger partial charge on any atom is -0.507 e. The Bertz CT molecular complexity index is 552. The zero-order valence-corrected chi connectivity index (χ0v) is 10.8. The molecule has 0 spiro atoms. The summed E-state index contributed by atoms with van der Waals surface area (Å²) >= 11 is 0. The first-order valence-corrected chi connectivity index (χ1v) is 6.29. The third-order valence-electron chi connectivity index (χ3n) is 3.09. The lowest BCUT2D eigenvalue weighted by atomic mass is 10.0. The number of hydrogen-bond acceptors (Lipinski definition) is 2. The molecule has 0 heterocycles. The average Bonchev–Trinajstić information content (AvgIpc) is 2.46. The van der Waals surface area contributed by atoms with E-state index in [0.717, 1.165) is 0 Å². The molecule has 0 saturated carbocycles. The molecule has 0 aromatic heterocycles. The summed E-state index contributed by atoms with van der Waals surface area (Å²) in [5.41, 5.74) is 1.49. The van der Waals surface area contributed by atoms with Crippen LogP contribution in [0.15, 0.2) is 54.6 Å². The van der Waals surface area contributed by atoms with E-state index in [-0.39, 0.29) is 17.6 Å². The Hall–Kier alpha value is -2.29. The van der Waals surface area contributed by atoms with Gasteiger partial charge in [-0.25, -0.2) is 0 Å². The van der Waals surface area contributed by atoms with Gasteiger partial charge >= 0.3 is 0 Å². The molecule has 0 bridgehead atoms. The molecule has 0 aliphatic heterocycles. The highest BCUT2D eigenvalue weighted by molar-refractivity contribution is 5.96. The lowest BCUT2D eigenvalue weighted by molar-refractivity contribution is 0.0949. The van der Waals surface area contributed by atoms with Crippen LogP contribution >= 0.6 is 0 Å². The molecule has 3 nitrogen and oxygen atoms in total. The van der Waals surface area contributed by atoms with Crippen LogP contribution in [0.5, 0.6) is 5.75 Å². The smallest absolute Gasteiger partial charge is 0.255 e. The van der Waals surface area contributed by atoms with Crippen LogP contribution in [0, 0.1) is 0 Å². The second-order valence-corrected chi connectivity index (χ2v) is 4.54. The summed E-state index contributed by atoms with van der Waals surface area (Å²) in [6, 6.07) is 16.6. The molecule has 0 aliphatic rings. The molecule has 98 valence electrons. The van der Waals surface area contributed by atoms with Crippen LogP contribution in [-0.4, -0.2) is 17.6 Å². The molecule has 0 fully saturated rings. The van der Waals surface area contributed by atoms with Crippen molar-refractivity contribution < 1.29 is 9.90 Å². The van der Waals surface area contributed by atoms with E-state index in [1.165, 1.54) is 11.6 Å². The van der Waals surface area contributed by atoms with Crippen molar-refractivity contribution in [3.05, 3.63) is 65.7 Å². The van der Waals surface area contributed by atoms with Crippen molar-refractivity contribution in [2.75, 3.05) is 6.54 Å². The van der Waals surface area contributed by atoms with E-state index in [1.54, 1.807) is 18.2 Å². The van der Waals surface area contributed by atoms with E-state index in [9.17, 15) is 9.90 Å². The van der Waals surface area contributed by atoms with Gasteiger partial charge in [0.25, 0.3) is 5.91 Å². The SMILES string of the molecule is CC(CNC(=O)c1ccccc1O)c1ccccc1. The molecule has 2 rings (SSSR count). The van der Waals surface area contributed by atoms with Crippen LogP contribution in [0.1, 0.15) is 28.8 Å². The number of amides is 1. The predicted octanol–water partition coefficient (Wildman–Crippen LogP) is 2.93. The summed E-state index contributed by atoms with van der Waals surface area (Å²) in [4.78, 5) is 11.9. The van der Waals surface area contributed by atoms with Gasteiger partial charge < -0.3 is 10.4 Å². The standard InChI is InChI=1S/C16H17NO2/c1-12(13-7-3-2-4-8-13)11-17-16(19)14-9-5-6-10-15(14)18/h2-10,12,18H,11H2,1H3,(H,17,19). The van der Waals surface area contributed by atoms with Crippen LogP contribution in [0.2, 0.25) is 0 Å². The zero-order valence-electron chi connectivity index (χ0n) is 10.8. The van der Waals surface area contributed by atoms with Crippen LogP contribution in [0.3, 0.4) is 0 Å². The van der Waals surface area contributed by atoms with Gasteiger partial charge in [0.2, 0.25) is 0 Å². The molecule has 0 aliphatic carbocycles. The van der Waals surface area contributed by atoms with E-state index < -0.39 is 0 Å². The summed E-state index contributed by atoms with van der Waals surface area (Å²) in [5.74, 6) is -0.00995. The number of carbonyl (C=O) groups excluding carboxylic acids is 1. The Kier molecular flexibility index (Phi) is 4.18. The largest absolute Gasteiger partial charge is 0.507 e. The molecule has 2 N–H and O–H groups in total. The monoisotopic (exact) mass is 255 g/mol. The lowest BCUT2D eigenvalue weighted by Gasteiger charge is -2.13. The van der Waals surface area contributed by atoms with Crippen molar-refractivity contribution in [2.45, 2.75) is 12.8 Å². The average molecular weight is 255 g/mol. The van der Waals surface area contributed by atoms with Crippen LogP contribution < -0.4 is 5.32 Å². The van der Waals surface area contributed by atoms with Gasteiger partial charge in [-0.1, -0.05) is 49.4 Å². The van der Waals surface area contributed by atoms with Crippen molar-refractivity contribution in [1.29, 1.82) is 0 Å². The summed E-state index contributed by atoms with van der Waals surface area (Å²) in [6.07, 6.45) is 0. The first kappa shape index (κ1) is 13.1. The number of phenols is 1. The highest BCUT2D eigenvalue weighted by Crippen LogP contribution is 2.16. The number of nitrogens with one attached hydrogen (secondary N) is 1. The highest BCUT2D eigenvalue weighted by Gasteiger charge is 2.11. The number of hydrogen-bond donors (Lipinski definition) is 2. The number of para-hydroxylation sites is 1. The first-order chi connectivity index (χ1) is 9.18. The van der Waals surface area contributed by atoms with Gasteiger partial charge in [-0.2, -0.15) is 0 Å². The van der Waals surface area contributed by atoms with Gasteiger partial charge in [0.15, 0.2) is 0 Å². The number of benzene rings is 2. The van der Waals surface area contributed by atoms with Crippen LogP contribution in [-0.2, 0) is 0 Å². The number of carbonyl (C=O) groups is 1. The summed E-state index contributed by atoms with van der Waals surface area (Å²) in [7, 11) is 0. The molecule has 2 aromatic carbocycles. The van der Waals surface area contributed by atoms with Crippen molar-refractivity contribution in [3.8, 4) is 5.75 Å². The third-order valence-corrected chi connectivity index (χ3v) is 3.09. The molecule has 1 amide bonds. The summed E-state index contributed by atoms with van der Waals surface area (Å²) in [6.45, 7) is 2.59. The van der Waals surface area contributed by atoms with Gasteiger partial charge in [-0.3, -0.25) is 4.79 Å². The Morgan fingerprint density at radius 1 is 1.11 bits per heavy atom. The van der Waals surface area contributed by atoms with Gasteiger partial charge in [-0.05, 0) is 23.6 Å². The van der Waals surface area contributed by atoms with E-state index in [4.69, 9.17) is 0 Å². The number of aromatic hydroxyl groups is 1. The zero-order chi connectivity index (χ0) is 13.7. The molecule has 0 saturated heterocycles. The molecule has 3 heteroatoms. The Labute approximate surface area is 112 Å². The third kappa shape index (κ3) is 3.35. The maximum absolute atomic E-state index is 11.9. The molecule has 0 radical (unpaired) electrons. The van der Waals surface area contributed by atoms with E-state index in [0.29, 0.717) is 12.1 Å². The molecule has 1 atom stereocenters. The van der Waals surface area contributed by atoms with Gasteiger partial charge in [0, 0.05) is 6.54 Å². The fraction of sp³-hybridized carbons (Fsp3) is 0.188. The molecule has 1 unspecified atom stereocenters. The maximum atomic E-state index is 11.9. The van der Waals surface area contributed by atoms with Crippen molar-refractivity contribution in [2.24, 2.45) is 0 Å². The quantitative estimate of drug-likeness (QED) is 0.882. The maximum Gasteiger partial charge on any atom is 0.255 e. The van der Waals surface area contributed by atoms with Crippen molar-refractivity contribution in [1.82, 2.24) is 5.32 Å². The lowest BCUT2D eigenvalue weighted by Crippen LogP contribution is -2.27. The number of phenolic OH excluding ortho intramolecular Hbond substituents is 1. The minimum absolute atomic E-state index is 0.00682. The molecular weight excluding hydrogens is 238 g/mol. The minimum atomic E-state index is -0.249. The van der Waals surface area contributed by atoms with Gasteiger partial charge in [-0.15, -0.1) is 0 Å². The molecule has 2 aromatic rings. The van der Waals surface area contributed by atoms with Crippen molar-refractivity contribution in [3.63, 3.8) is 0 Å². The first-order valence-electron chi connectivity index (χ1n) is 6.29. The van der Waals surface area contributed by atoms with E-state index in [2.05, 4.69) is 12.2 Å². The summed E-state index contributed by atoms with van der Waals surface area (Å²) in [5, 5.41) is 12.4. The number of rotatable bonds is 4. The second kappa shape index (κ2) is 6.05.